The number of hydrogen-bond donors (Lipinski definition) is 1. The van der Waals surface area contributed by atoms with Gasteiger partial charge < -0.3 is 0 Å². The Morgan fingerprint density at radius 1 is 1.29 bits per heavy atom. The van der Waals surface area contributed by atoms with Crippen LogP contribution in [0, 0.1) is 5.41 Å². The van der Waals surface area contributed by atoms with Gasteiger partial charge in [0.25, 0.3) is 0 Å². The Labute approximate surface area is 49.5 Å². The van der Waals surface area contributed by atoms with Gasteiger partial charge in [-0.3, -0.25) is 0 Å². The fraction of sp³-hybridized carbons (Fsp3) is 0.800. The average Bonchev–Trinajstić information content (AvgIpc) is 1.31. The van der Waals surface area contributed by atoms with Crippen LogP contribution in [-0.4, -0.2) is 18.5 Å². The molecule has 0 unspecified atom stereocenters. The third-order valence-electron chi connectivity index (χ3n) is 0.850. The zero-order valence-corrected chi connectivity index (χ0v) is 7.54. The van der Waals surface area contributed by atoms with Crippen LogP contribution in [0.25, 0.3) is 0 Å². The number of hydrogen-bond acceptors (Lipinski definition) is 1. The molecule has 0 saturated heterocycles. The van der Waals surface area contributed by atoms with Gasteiger partial charge in [0.15, 0.2) is 0 Å². The van der Waals surface area contributed by atoms with Gasteiger partial charge in [-0.2, -0.15) is 0 Å². The van der Waals surface area contributed by atoms with Crippen LogP contribution in [-0.2, 0) is 0 Å². The summed E-state index contributed by atoms with van der Waals surface area (Å²) in [6.07, 6.45) is 0. The van der Waals surface area contributed by atoms with Crippen molar-refractivity contribution >= 4 is 3.72 Å². The van der Waals surface area contributed by atoms with Crippen molar-refractivity contribution in [2.24, 2.45) is 0 Å². The molecule has 0 aromatic heterocycles. The van der Waals surface area contributed by atoms with Gasteiger partial charge in [-0.05, 0) is 0 Å². The Morgan fingerprint density at radius 3 is 1.43 bits per heavy atom. The van der Waals surface area contributed by atoms with Crippen LogP contribution in [0.1, 0.15) is 6.92 Å². The Morgan fingerprint density at radius 2 is 1.43 bits per heavy atom. The summed E-state index contributed by atoms with van der Waals surface area (Å²) in [5, 5.41) is 7.23. The van der Waals surface area contributed by atoms with E-state index in [0.717, 1.165) is 3.72 Å². The molecule has 0 radical (unpaired) electrons. The third kappa shape index (κ3) is 3.02. The van der Waals surface area contributed by atoms with E-state index in [9.17, 15) is 0 Å². The van der Waals surface area contributed by atoms with E-state index >= 15 is 0 Å². The summed E-state index contributed by atoms with van der Waals surface area (Å²) in [5.41, 5.74) is 0. The topological polar surface area (TPSA) is 23.9 Å². The van der Waals surface area contributed by atoms with Gasteiger partial charge in [0, 0.05) is 0 Å². The quantitative estimate of drug-likeness (QED) is 0.297. The zero-order chi connectivity index (χ0) is 6.08. The Hall–Kier alpha value is 0.400. The van der Waals surface area contributed by atoms with Crippen LogP contribution in [0.4, 0.5) is 0 Å². The molecule has 0 aromatic carbocycles. The van der Waals surface area contributed by atoms with Crippen molar-refractivity contribution < 1.29 is 18.4 Å². The molecule has 2 heteroatoms. The summed E-state index contributed by atoms with van der Waals surface area (Å²) in [6, 6.07) is 0. The molecule has 0 bridgehead atoms. The molecule has 0 amide bonds. The van der Waals surface area contributed by atoms with E-state index in [1.54, 1.807) is 0 Å². The van der Waals surface area contributed by atoms with Gasteiger partial charge in [0.2, 0.25) is 0 Å². The molecular formula is C5H13IN-. The molecule has 7 heavy (non-hydrogen) atoms. The molecule has 46 valence electrons. The predicted octanol–water partition coefficient (Wildman–Crippen LogP) is -1.97. The number of rotatable bonds is 1. The van der Waals surface area contributed by atoms with Gasteiger partial charge in [-0.25, -0.2) is 0 Å². The van der Waals surface area contributed by atoms with Gasteiger partial charge in [0.1, 0.15) is 0 Å². The van der Waals surface area contributed by atoms with Crippen LogP contribution in [0.15, 0.2) is 0 Å². The van der Waals surface area contributed by atoms with E-state index < -0.39 is 18.4 Å². The van der Waals surface area contributed by atoms with Crippen molar-refractivity contribution in [3.63, 3.8) is 0 Å². The molecule has 0 spiro atoms. The normalized spacial score (nSPS) is 13.7. The molecular weight excluding hydrogens is 201 g/mol. The number of halogens is 1. The minimum atomic E-state index is -1.52. The molecule has 0 heterocycles. The van der Waals surface area contributed by atoms with E-state index in [2.05, 4.69) is 14.8 Å². The first-order chi connectivity index (χ1) is 2.94. The molecule has 0 aliphatic carbocycles. The van der Waals surface area contributed by atoms with E-state index in [1.807, 2.05) is 6.92 Å². The molecule has 1 nitrogen and oxygen atoms in total. The second-order valence-corrected chi connectivity index (χ2v) is 13.6. The van der Waals surface area contributed by atoms with Gasteiger partial charge in [-0.1, -0.05) is 0 Å². The molecule has 0 atom stereocenters. The van der Waals surface area contributed by atoms with Crippen molar-refractivity contribution in [2.75, 3.05) is 14.8 Å². The second-order valence-electron chi connectivity index (χ2n) is 2.23. The van der Waals surface area contributed by atoms with Crippen molar-refractivity contribution in [2.45, 2.75) is 6.92 Å². The third-order valence-corrected chi connectivity index (χ3v) is 5.70. The first-order valence-electron chi connectivity index (χ1n) is 2.07. The van der Waals surface area contributed by atoms with Crippen molar-refractivity contribution in [3.05, 3.63) is 0 Å². The van der Waals surface area contributed by atoms with Crippen LogP contribution < -0.4 is 18.4 Å². The van der Waals surface area contributed by atoms with Crippen LogP contribution >= 0.6 is 0 Å². The summed E-state index contributed by atoms with van der Waals surface area (Å²) >= 11 is -1.52. The fourth-order valence-corrected chi connectivity index (χ4v) is 0. The van der Waals surface area contributed by atoms with E-state index in [-0.39, 0.29) is 0 Å². The van der Waals surface area contributed by atoms with Crippen molar-refractivity contribution in [3.8, 4) is 0 Å². The zero-order valence-electron chi connectivity index (χ0n) is 5.38. The first-order valence-corrected chi connectivity index (χ1v) is 9.62. The molecule has 0 fully saturated rings. The minimum absolute atomic E-state index is 0.923. The standard InChI is InChI=1S/C5H13IN/c1-5(7)6(2,3)4/h7H,1-4H3/q-1. The molecule has 0 rings (SSSR count). The van der Waals surface area contributed by atoms with E-state index in [1.165, 1.54) is 0 Å². The molecule has 0 aliphatic rings. The summed E-state index contributed by atoms with van der Waals surface area (Å²) in [6.45, 7) is 1.91. The summed E-state index contributed by atoms with van der Waals surface area (Å²) in [5.74, 6) is 0. The Balaban J connectivity index is 3.79. The molecule has 0 aromatic rings. The summed E-state index contributed by atoms with van der Waals surface area (Å²) < 4.78 is 0.923. The SMILES string of the molecule is CC(=N)[I-](C)(C)C. The van der Waals surface area contributed by atoms with Crippen LogP contribution in [0.2, 0.25) is 0 Å². The predicted molar refractivity (Wildman–Crippen MR) is 31.2 cm³/mol. The second kappa shape index (κ2) is 2.11. The van der Waals surface area contributed by atoms with Gasteiger partial charge in [-0.15, -0.1) is 0 Å². The number of alkyl halides is 3. The Bertz CT molecular complexity index is 80.6. The first kappa shape index (κ1) is 7.40. The maximum atomic E-state index is 7.23. The van der Waals surface area contributed by atoms with Gasteiger partial charge in [0.05, 0.1) is 0 Å². The fourth-order valence-electron chi connectivity index (χ4n) is 0. The van der Waals surface area contributed by atoms with E-state index in [0.29, 0.717) is 0 Å². The van der Waals surface area contributed by atoms with Crippen molar-refractivity contribution in [1.29, 1.82) is 5.41 Å². The van der Waals surface area contributed by atoms with E-state index in [4.69, 9.17) is 5.41 Å². The summed E-state index contributed by atoms with van der Waals surface area (Å²) in [4.78, 5) is 6.65. The van der Waals surface area contributed by atoms with Gasteiger partial charge >= 0.3 is 49.3 Å². The molecule has 0 aliphatic heterocycles. The number of nitrogens with one attached hydrogen (secondary N) is 1. The monoisotopic (exact) mass is 214 g/mol. The van der Waals surface area contributed by atoms with Crippen LogP contribution in [0.3, 0.4) is 0 Å². The average molecular weight is 214 g/mol. The summed E-state index contributed by atoms with van der Waals surface area (Å²) in [7, 11) is 0. The Kier molecular flexibility index (Phi) is 2.23. The maximum absolute atomic E-state index is 7.23. The van der Waals surface area contributed by atoms with Crippen molar-refractivity contribution in [1.82, 2.24) is 0 Å². The van der Waals surface area contributed by atoms with Crippen LogP contribution in [0.5, 0.6) is 0 Å². The molecule has 1 N–H and O–H groups in total. The molecule has 0 saturated carbocycles.